The fourth-order valence-corrected chi connectivity index (χ4v) is 1.78. The monoisotopic (exact) mass is 263 g/mol. The number of primary sulfonamides is 1. The minimum Gasteiger partial charge on any atom is -0.482 e. The average molecular weight is 263 g/mol. The van der Waals surface area contributed by atoms with Gasteiger partial charge in [-0.25, -0.2) is 22.3 Å². The molecule has 0 aromatic heterocycles. The van der Waals surface area contributed by atoms with Crippen LogP contribution >= 0.6 is 0 Å². The standard InChI is InChI=1S/C10H11F2NO3S/c1-3-6(2)16-10-8(12)4-7(11)5-9(10)17(13,14)15/h3-6H,1H2,2H3,(H2,13,14,15). The Bertz CT molecular complexity index is 543. The van der Waals surface area contributed by atoms with Crippen LogP contribution in [0.2, 0.25) is 0 Å². The minimum absolute atomic E-state index is 0.514. The van der Waals surface area contributed by atoms with Crippen LogP contribution in [0.15, 0.2) is 29.7 Å². The van der Waals surface area contributed by atoms with Gasteiger partial charge in [0.05, 0.1) is 0 Å². The van der Waals surface area contributed by atoms with E-state index < -0.39 is 38.4 Å². The van der Waals surface area contributed by atoms with Gasteiger partial charge in [0.15, 0.2) is 11.6 Å². The average Bonchev–Trinajstić information content (AvgIpc) is 2.19. The highest BCUT2D eigenvalue weighted by atomic mass is 32.2. The van der Waals surface area contributed by atoms with Gasteiger partial charge in [-0.3, -0.25) is 0 Å². The van der Waals surface area contributed by atoms with Crippen molar-refractivity contribution in [2.24, 2.45) is 5.14 Å². The van der Waals surface area contributed by atoms with Crippen molar-refractivity contribution in [2.45, 2.75) is 17.9 Å². The number of rotatable bonds is 4. The van der Waals surface area contributed by atoms with Gasteiger partial charge in [0.25, 0.3) is 0 Å². The molecule has 0 aliphatic rings. The van der Waals surface area contributed by atoms with E-state index >= 15 is 0 Å². The first-order valence-electron chi connectivity index (χ1n) is 4.56. The van der Waals surface area contributed by atoms with E-state index in [1.807, 2.05) is 0 Å². The molecule has 0 heterocycles. The molecule has 0 aliphatic heterocycles. The largest absolute Gasteiger partial charge is 0.482 e. The normalized spacial score (nSPS) is 13.2. The number of benzene rings is 1. The van der Waals surface area contributed by atoms with Gasteiger partial charge >= 0.3 is 0 Å². The first-order chi connectivity index (χ1) is 7.75. The molecule has 1 aromatic rings. The lowest BCUT2D eigenvalue weighted by molar-refractivity contribution is 0.248. The maximum Gasteiger partial charge on any atom is 0.241 e. The van der Waals surface area contributed by atoms with Crippen molar-refractivity contribution >= 4 is 10.0 Å². The maximum absolute atomic E-state index is 13.4. The highest BCUT2D eigenvalue weighted by Crippen LogP contribution is 2.28. The smallest absolute Gasteiger partial charge is 0.241 e. The van der Waals surface area contributed by atoms with Gasteiger partial charge in [-0.05, 0) is 13.0 Å². The Hall–Kier alpha value is -1.47. The SMILES string of the molecule is C=CC(C)Oc1c(F)cc(F)cc1S(N)(=O)=O. The van der Waals surface area contributed by atoms with Crippen molar-refractivity contribution in [3.8, 4) is 5.75 Å². The van der Waals surface area contributed by atoms with E-state index in [-0.39, 0.29) is 0 Å². The molecule has 2 N–H and O–H groups in total. The van der Waals surface area contributed by atoms with Crippen LogP contribution in [-0.4, -0.2) is 14.5 Å². The summed E-state index contributed by atoms with van der Waals surface area (Å²) in [4.78, 5) is -0.733. The molecule has 0 aliphatic carbocycles. The second kappa shape index (κ2) is 4.80. The lowest BCUT2D eigenvalue weighted by atomic mass is 10.3. The molecule has 0 spiro atoms. The third kappa shape index (κ3) is 3.24. The number of hydrogen-bond donors (Lipinski definition) is 1. The Morgan fingerprint density at radius 3 is 2.53 bits per heavy atom. The van der Waals surface area contributed by atoms with Crippen LogP contribution < -0.4 is 9.88 Å². The Morgan fingerprint density at radius 1 is 1.47 bits per heavy atom. The van der Waals surface area contributed by atoms with Gasteiger partial charge in [-0.1, -0.05) is 12.7 Å². The molecular formula is C10H11F2NO3S. The van der Waals surface area contributed by atoms with Crippen molar-refractivity contribution in [3.63, 3.8) is 0 Å². The van der Waals surface area contributed by atoms with Gasteiger partial charge < -0.3 is 4.74 Å². The maximum atomic E-state index is 13.4. The Kier molecular flexibility index (Phi) is 3.84. The van der Waals surface area contributed by atoms with Crippen LogP contribution in [-0.2, 0) is 10.0 Å². The summed E-state index contributed by atoms with van der Waals surface area (Å²) in [6.07, 6.45) is 0.686. The Morgan fingerprint density at radius 2 is 2.06 bits per heavy atom. The molecule has 1 rings (SSSR count). The molecule has 17 heavy (non-hydrogen) atoms. The van der Waals surface area contributed by atoms with Crippen molar-refractivity contribution < 1.29 is 21.9 Å². The molecule has 94 valence electrons. The first-order valence-corrected chi connectivity index (χ1v) is 6.11. The molecule has 0 fully saturated rings. The van der Waals surface area contributed by atoms with E-state index in [0.717, 1.165) is 0 Å². The van der Waals surface area contributed by atoms with Gasteiger partial charge in [0, 0.05) is 6.07 Å². The van der Waals surface area contributed by atoms with Gasteiger partial charge in [0.2, 0.25) is 10.0 Å². The third-order valence-corrected chi connectivity index (χ3v) is 2.83. The lowest BCUT2D eigenvalue weighted by Gasteiger charge is -2.14. The minimum atomic E-state index is -4.27. The van der Waals surface area contributed by atoms with Gasteiger partial charge in [-0.2, -0.15) is 0 Å². The predicted molar refractivity (Wildman–Crippen MR) is 58.0 cm³/mol. The summed E-state index contributed by atoms with van der Waals surface area (Å²) >= 11 is 0. The fourth-order valence-electron chi connectivity index (χ4n) is 1.10. The molecule has 0 radical (unpaired) electrons. The molecule has 0 bridgehead atoms. The second-order valence-electron chi connectivity index (χ2n) is 3.32. The molecule has 1 unspecified atom stereocenters. The summed E-state index contributed by atoms with van der Waals surface area (Å²) in [5, 5.41) is 4.85. The summed E-state index contributed by atoms with van der Waals surface area (Å²) in [6, 6.07) is 1.11. The zero-order valence-electron chi connectivity index (χ0n) is 8.98. The second-order valence-corrected chi connectivity index (χ2v) is 4.85. The lowest BCUT2D eigenvalue weighted by Crippen LogP contribution is -2.17. The number of nitrogens with two attached hydrogens (primary N) is 1. The van der Waals surface area contributed by atoms with Crippen LogP contribution in [0.1, 0.15) is 6.92 Å². The number of ether oxygens (including phenoxy) is 1. The number of halogens is 2. The van der Waals surface area contributed by atoms with Crippen LogP contribution in [0.25, 0.3) is 0 Å². The summed E-state index contributed by atoms with van der Waals surface area (Å²) in [5.74, 6) is -2.80. The summed E-state index contributed by atoms with van der Waals surface area (Å²) in [6.45, 7) is 4.91. The van der Waals surface area contributed by atoms with Crippen molar-refractivity contribution in [1.82, 2.24) is 0 Å². The molecule has 0 saturated carbocycles. The summed E-state index contributed by atoms with van der Waals surface area (Å²) in [5.41, 5.74) is 0. The van der Waals surface area contributed by atoms with E-state index in [2.05, 4.69) is 6.58 Å². The molecule has 1 aromatic carbocycles. The van der Waals surface area contributed by atoms with E-state index in [1.54, 1.807) is 0 Å². The third-order valence-electron chi connectivity index (χ3n) is 1.92. The van der Waals surface area contributed by atoms with Crippen molar-refractivity contribution in [3.05, 3.63) is 36.4 Å². The van der Waals surface area contributed by atoms with Crippen LogP contribution in [0.3, 0.4) is 0 Å². The van der Waals surface area contributed by atoms with Crippen molar-refractivity contribution in [1.29, 1.82) is 0 Å². The Balaban J connectivity index is 3.41. The van der Waals surface area contributed by atoms with E-state index in [0.29, 0.717) is 12.1 Å². The molecule has 7 heteroatoms. The molecule has 4 nitrogen and oxygen atoms in total. The highest BCUT2D eigenvalue weighted by molar-refractivity contribution is 7.89. The van der Waals surface area contributed by atoms with Gasteiger partial charge in [0.1, 0.15) is 16.8 Å². The van der Waals surface area contributed by atoms with Crippen LogP contribution in [0.5, 0.6) is 5.75 Å². The number of hydrogen-bond acceptors (Lipinski definition) is 3. The molecule has 0 amide bonds. The molecular weight excluding hydrogens is 252 g/mol. The topological polar surface area (TPSA) is 69.4 Å². The Labute approximate surface area is 97.7 Å². The van der Waals surface area contributed by atoms with Gasteiger partial charge in [-0.15, -0.1) is 0 Å². The highest BCUT2D eigenvalue weighted by Gasteiger charge is 2.22. The fraction of sp³-hybridized carbons (Fsp3) is 0.200. The summed E-state index contributed by atoms with van der Waals surface area (Å²) in [7, 11) is -4.27. The van der Waals surface area contributed by atoms with E-state index in [9.17, 15) is 17.2 Å². The molecule has 1 atom stereocenters. The zero-order chi connectivity index (χ0) is 13.2. The van der Waals surface area contributed by atoms with E-state index in [4.69, 9.17) is 9.88 Å². The summed E-state index contributed by atoms with van der Waals surface area (Å²) < 4.78 is 53.7. The predicted octanol–water partition coefficient (Wildman–Crippen LogP) is 1.57. The van der Waals surface area contributed by atoms with E-state index in [1.165, 1.54) is 13.0 Å². The number of sulfonamides is 1. The molecule has 0 saturated heterocycles. The quantitative estimate of drug-likeness (QED) is 0.838. The van der Waals surface area contributed by atoms with Crippen LogP contribution in [0.4, 0.5) is 8.78 Å². The zero-order valence-corrected chi connectivity index (χ0v) is 9.80. The van der Waals surface area contributed by atoms with Crippen LogP contribution in [0, 0.1) is 11.6 Å². The first kappa shape index (κ1) is 13.6. The van der Waals surface area contributed by atoms with Crippen molar-refractivity contribution in [2.75, 3.05) is 0 Å².